The average molecular weight is 520 g/mol. The molecule has 1 unspecified atom stereocenters. The van der Waals surface area contributed by atoms with Gasteiger partial charge in [0.25, 0.3) is 0 Å². The van der Waals surface area contributed by atoms with Crippen LogP contribution in [0.25, 0.3) is 26.9 Å². The van der Waals surface area contributed by atoms with E-state index < -0.39 is 11.3 Å². The van der Waals surface area contributed by atoms with Gasteiger partial charge >= 0.3 is 0 Å². The predicted octanol–water partition coefficient (Wildman–Crippen LogP) is 5.99. The summed E-state index contributed by atoms with van der Waals surface area (Å²) in [5.41, 5.74) is 4.77. The molecule has 0 amide bonds. The van der Waals surface area contributed by atoms with Crippen molar-refractivity contribution in [3.8, 4) is 11.1 Å². The number of fused-ring (bicyclic) bond motifs is 1. The Kier molecular flexibility index (Phi) is 6.05. The zero-order valence-corrected chi connectivity index (χ0v) is 22.6. The van der Waals surface area contributed by atoms with Gasteiger partial charge in [0.05, 0.1) is 36.1 Å². The minimum atomic E-state index is -1.14. The molecule has 2 aliphatic rings. The standard InChI is InChI=1S/C32H33N5O2/c1-31(2,38)23-12-15-28(34-18-23)37-17-16-36(20-32(37,3)39)27-19-35-30-25(21-10-13-24(33-4)14-11-21)6-5-7-26(30)29(27)22-8-9-22/h5-7,10-15,18-19,22,38-39H,8-9,16-17,20H2,1-3H3. The number of pyridine rings is 2. The first kappa shape index (κ1) is 25.3. The topological polar surface area (TPSA) is 77.1 Å². The summed E-state index contributed by atoms with van der Waals surface area (Å²) in [5, 5.41) is 23.0. The summed E-state index contributed by atoms with van der Waals surface area (Å²) in [7, 11) is 0. The van der Waals surface area contributed by atoms with Crippen molar-refractivity contribution >= 4 is 28.1 Å². The Hall–Kier alpha value is -3.99. The number of benzene rings is 2. The number of piperazine rings is 1. The van der Waals surface area contributed by atoms with Gasteiger partial charge < -0.3 is 20.0 Å². The number of nitrogens with zero attached hydrogens (tertiary/aromatic N) is 5. The van der Waals surface area contributed by atoms with Gasteiger partial charge in [-0.05, 0) is 56.7 Å². The highest BCUT2D eigenvalue weighted by Crippen LogP contribution is 2.48. The Morgan fingerprint density at radius 3 is 2.38 bits per heavy atom. The van der Waals surface area contributed by atoms with Crippen LogP contribution in [0, 0.1) is 6.57 Å². The maximum Gasteiger partial charge on any atom is 0.187 e. The van der Waals surface area contributed by atoms with Crippen molar-refractivity contribution in [2.45, 2.75) is 50.9 Å². The third kappa shape index (κ3) is 4.71. The molecule has 1 saturated heterocycles. The Morgan fingerprint density at radius 1 is 1.00 bits per heavy atom. The van der Waals surface area contributed by atoms with Crippen LogP contribution in [0.4, 0.5) is 17.2 Å². The van der Waals surface area contributed by atoms with Crippen LogP contribution in [0.3, 0.4) is 0 Å². The van der Waals surface area contributed by atoms with E-state index in [-0.39, 0.29) is 0 Å². The first-order chi connectivity index (χ1) is 18.7. The predicted molar refractivity (Wildman–Crippen MR) is 155 cm³/mol. The molecule has 1 aliphatic carbocycles. The van der Waals surface area contributed by atoms with Gasteiger partial charge in [-0.2, -0.15) is 0 Å². The van der Waals surface area contributed by atoms with Crippen LogP contribution in [0.2, 0.25) is 0 Å². The molecule has 2 aromatic carbocycles. The lowest BCUT2D eigenvalue weighted by Gasteiger charge is -2.47. The van der Waals surface area contributed by atoms with Crippen LogP contribution in [0.15, 0.2) is 67.0 Å². The SMILES string of the molecule is [C-]#[N+]c1ccc(-c2cccc3c(C4CC4)c(N4CCN(c5ccc(C(C)(C)O)cn5)C(C)(O)C4)cnc23)cc1. The molecule has 1 aliphatic heterocycles. The highest BCUT2D eigenvalue weighted by atomic mass is 16.3. The molecule has 198 valence electrons. The molecule has 1 atom stereocenters. The van der Waals surface area contributed by atoms with Gasteiger partial charge in [-0.3, -0.25) is 4.98 Å². The van der Waals surface area contributed by atoms with Gasteiger partial charge in [-0.25, -0.2) is 9.83 Å². The van der Waals surface area contributed by atoms with Crippen LogP contribution in [0.1, 0.15) is 50.7 Å². The molecule has 6 rings (SSSR count). The van der Waals surface area contributed by atoms with E-state index in [0.29, 0.717) is 30.5 Å². The van der Waals surface area contributed by atoms with Crippen LogP contribution in [-0.2, 0) is 5.60 Å². The van der Waals surface area contributed by atoms with E-state index in [9.17, 15) is 10.2 Å². The molecule has 7 nitrogen and oxygen atoms in total. The van der Waals surface area contributed by atoms with Crippen LogP contribution in [0.5, 0.6) is 0 Å². The lowest BCUT2D eigenvalue weighted by molar-refractivity contribution is 0.0524. The highest BCUT2D eigenvalue weighted by Gasteiger charge is 2.39. The average Bonchev–Trinajstić information content (AvgIpc) is 3.76. The Labute approximate surface area is 229 Å². The monoisotopic (exact) mass is 519 g/mol. The minimum Gasteiger partial charge on any atom is -0.386 e. The maximum absolute atomic E-state index is 11.6. The smallest absolute Gasteiger partial charge is 0.187 e. The second-order valence-electron chi connectivity index (χ2n) is 11.4. The summed E-state index contributed by atoms with van der Waals surface area (Å²) < 4.78 is 0. The van der Waals surface area contributed by atoms with Crippen LogP contribution >= 0.6 is 0 Å². The van der Waals surface area contributed by atoms with Gasteiger partial charge in [-0.15, -0.1) is 0 Å². The number of β-amino-alcohol motifs (C(OH)–C–C–N with tert-alkyl or cyclic N) is 1. The number of hydrogen-bond acceptors (Lipinski definition) is 6. The normalized spacial score (nSPS) is 19.8. The number of aliphatic hydroxyl groups is 2. The van der Waals surface area contributed by atoms with E-state index in [4.69, 9.17) is 11.6 Å². The second kappa shape index (κ2) is 9.33. The summed E-state index contributed by atoms with van der Waals surface area (Å²) in [6.45, 7) is 14.3. The third-order valence-corrected chi connectivity index (χ3v) is 7.95. The molecule has 1 saturated carbocycles. The molecule has 4 aromatic rings. The van der Waals surface area contributed by atoms with Crippen molar-refractivity contribution in [1.82, 2.24) is 9.97 Å². The lowest BCUT2D eigenvalue weighted by Crippen LogP contribution is -2.61. The van der Waals surface area contributed by atoms with E-state index >= 15 is 0 Å². The molecule has 0 radical (unpaired) electrons. The molecular formula is C32H33N5O2. The Bertz CT molecular complexity index is 1560. The zero-order chi connectivity index (χ0) is 27.4. The van der Waals surface area contributed by atoms with Gasteiger partial charge in [0, 0.05) is 35.8 Å². The van der Waals surface area contributed by atoms with E-state index in [1.165, 1.54) is 5.56 Å². The summed E-state index contributed by atoms with van der Waals surface area (Å²) in [5.74, 6) is 1.19. The number of anilines is 2. The first-order valence-electron chi connectivity index (χ1n) is 13.5. The number of para-hydroxylation sites is 1. The van der Waals surface area contributed by atoms with Gasteiger partial charge in [0.2, 0.25) is 0 Å². The molecule has 0 spiro atoms. The Balaban J connectivity index is 1.33. The van der Waals surface area contributed by atoms with Crippen LogP contribution < -0.4 is 9.80 Å². The van der Waals surface area contributed by atoms with Gasteiger partial charge in [-0.1, -0.05) is 48.5 Å². The second-order valence-corrected chi connectivity index (χ2v) is 11.4. The van der Waals surface area contributed by atoms with E-state index in [1.54, 1.807) is 20.0 Å². The molecule has 2 aromatic heterocycles. The van der Waals surface area contributed by atoms with Crippen molar-refractivity contribution < 1.29 is 10.2 Å². The van der Waals surface area contributed by atoms with Gasteiger partial charge in [0.15, 0.2) is 11.4 Å². The molecule has 2 fully saturated rings. The van der Waals surface area contributed by atoms with E-state index in [1.807, 2.05) is 54.4 Å². The van der Waals surface area contributed by atoms with Crippen molar-refractivity contribution in [2.75, 3.05) is 29.4 Å². The maximum atomic E-state index is 11.6. The molecular weight excluding hydrogens is 486 g/mol. The van der Waals surface area contributed by atoms with Crippen molar-refractivity contribution in [2.24, 2.45) is 0 Å². The molecule has 39 heavy (non-hydrogen) atoms. The van der Waals surface area contributed by atoms with E-state index in [0.717, 1.165) is 52.7 Å². The zero-order valence-electron chi connectivity index (χ0n) is 22.6. The quantitative estimate of drug-likeness (QED) is 0.316. The molecule has 7 heteroatoms. The van der Waals surface area contributed by atoms with Gasteiger partial charge in [0.1, 0.15) is 5.82 Å². The fraction of sp³-hybridized carbons (Fsp3) is 0.344. The third-order valence-electron chi connectivity index (χ3n) is 7.95. The van der Waals surface area contributed by atoms with E-state index in [2.05, 4.69) is 32.9 Å². The number of aromatic nitrogens is 2. The molecule has 3 heterocycles. The minimum absolute atomic E-state index is 0.423. The molecule has 2 N–H and O–H groups in total. The summed E-state index contributed by atoms with van der Waals surface area (Å²) >= 11 is 0. The highest BCUT2D eigenvalue weighted by molar-refractivity contribution is 5.98. The van der Waals surface area contributed by atoms with Crippen molar-refractivity contribution in [3.63, 3.8) is 0 Å². The fourth-order valence-corrected chi connectivity index (χ4v) is 5.70. The number of hydrogen-bond donors (Lipinski definition) is 2. The van der Waals surface area contributed by atoms with Crippen molar-refractivity contribution in [1.29, 1.82) is 0 Å². The lowest BCUT2D eigenvalue weighted by atomic mass is 9.96. The van der Waals surface area contributed by atoms with Crippen LogP contribution in [-0.4, -0.2) is 45.5 Å². The summed E-state index contributed by atoms with van der Waals surface area (Å²) in [6.07, 6.45) is 5.98. The van der Waals surface area contributed by atoms with Crippen molar-refractivity contribution in [3.05, 3.63) is 89.5 Å². The summed E-state index contributed by atoms with van der Waals surface area (Å²) in [4.78, 5) is 17.3. The number of rotatable bonds is 5. The Morgan fingerprint density at radius 2 is 1.77 bits per heavy atom. The summed E-state index contributed by atoms with van der Waals surface area (Å²) in [6, 6.07) is 17.8. The largest absolute Gasteiger partial charge is 0.386 e. The first-order valence-corrected chi connectivity index (χ1v) is 13.5. The fourth-order valence-electron chi connectivity index (χ4n) is 5.70. The molecule has 0 bridgehead atoms.